The van der Waals surface area contributed by atoms with E-state index in [9.17, 15) is 4.79 Å². The molecule has 1 fully saturated rings. The van der Waals surface area contributed by atoms with Gasteiger partial charge in [0.1, 0.15) is 19.0 Å². The lowest BCUT2D eigenvalue weighted by Gasteiger charge is -2.33. The number of hydrogen-bond donors (Lipinski definition) is 0. The van der Waals surface area contributed by atoms with Crippen LogP contribution in [0.4, 0.5) is 0 Å². The van der Waals surface area contributed by atoms with Gasteiger partial charge in [0.05, 0.1) is 13.2 Å². The molecule has 0 aliphatic carbocycles. The topological polar surface area (TPSA) is 73.1 Å². The number of morpholine rings is 1. The highest BCUT2D eigenvalue weighted by Gasteiger charge is 2.25. The predicted octanol–water partition coefficient (Wildman–Crippen LogP) is 0.927. The third-order valence-electron chi connectivity index (χ3n) is 3.35. The van der Waals surface area contributed by atoms with Gasteiger partial charge in [0.2, 0.25) is 5.91 Å². The molecular weight excluding hydrogens is 294 g/mol. The van der Waals surface area contributed by atoms with E-state index >= 15 is 0 Å². The maximum absolute atomic E-state index is 12.2. The molecule has 110 valence electrons. The van der Waals surface area contributed by atoms with E-state index in [0.29, 0.717) is 24.7 Å². The Balaban J connectivity index is 1.65. The molecule has 1 aliphatic rings. The van der Waals surface area contributed by atoms with Crippen LogP contribution in [0.1, 0.15) is 11.7 Å². The highest BCUT2D eigenvalue weighted by Crippen LogP contribution is 2.23. The normalized spacial score (nSPS) is 18.7. The van der Waals surface area contributed by atoms with Crippen molar-refractivity contribution in [1.82, 2.24) is 25.1 Å². The van der Waals surface area contributed by atoms with Gasteiger partial charge in [-0.15, -0.1) is 5.10 Å². The van der Waals surface area contributed by atoms with E-state index in [2.05, 4.69) is 15.5 Å². The van der Waals surface area contributed by atoms with Gasteiger partial charge in [0.25, 0.3) is 0 Å². The number of halogens is 1. The van der Waals surface area contributed by atoms with Crippen LogP contribution in [-0.4, -0.2) is 50.7 Å². The first-order valence-electron chi connectivity index (χ1n) is 6.58. The molecule has 0 N–H and O–H groups in total. The van der Waals surface area contributed by atoms with E-state index < -0.39 is 0 Å². The van der Waals surface area contributed by atoms with Crippen molar-refractivity contribution in [2.45, 2.75) is 12.6 Å². The highest BCUT2D eigenvalue weighted by molar-refractivity contribution is 6.30. The molecule has 0 radical (unpaired) electrons. The number of tetrazole rings is 1. The second kappa shape index (κ2) is 6.19. The molecule has 1 aromatic heterocycles. The van der Waals surface area contributed by atoms with Crippen LogP contribution in [0.2, 0.25) is 5.02 Å². The Morgan fingerprint density at radius 3 is 2.90 bits per heavy atom. The van der Waals surface area contributed by atoms with Crippen LogP contribution in [0.3, 0.4) is 0 Å². The van der Waals surface area contributed by atoms with Crippen molar-refractivity contribution in [3.05, 3.63) is 41.2 Å². The molecule has 1 atom stereocenters. The van der Waals surface area contributed by atoms with Gasteiger partial charge in [-0.3, -0.25) is 4.79 Å². The molecule has 2 heterocycles. The zero-order valence-corrected chi connectivity index (χ0v) is 12.0. The van der Waals surface area contributed by atoms with Gasteiger partial charge in [0, 0.05) is 11.6 Å². The summed E-state index contributed by atoms with van der Waals surface area (Å²) in [6.45, 7) is 1.74. The number of carbonyl (C=O) groups is 1. The van der Waals surface area contributed by atoms with Crippen molar-refractivity contribution in [2.75, 3.05) is 19.7 Å². The minimum Gasteiger partial charge on any atom is -0.370 e. The first-order valence-corrected chi connectivity index (χ1v) is 6.96. The summed E-state index contributed by atoms with van der Waals surface area (Å²) >= 11 is 5.88. The zero-order valence-electron chi connectivity index (χ0n) is 11.2. The molecule has 1 unspecified atom stereocenters. The van der Waals surface area contributed by atoms with Crippen LogP contribution in [0, 0.1) is 0 Å². The van der Waals surface area contributed by atoms with Crippen molar-refractivity contribution in [1.29, 1.82) is 0 Å². The Hall–Kier alpha value is -1.99. The quantitative estimate of drug-likeness (QED) is 0.843. The number of benzene rings is 1. The number of ether oxygens (including phenoxy) is 1. The monoisotopic (exact) mass is 307 g/mol. The van der Waals surface area contributed by atoms with Crippen LogP contribution in [-0.2, 0) is 16.1 Å². The molecule has 2 aromatic rings. The standard InChI is InChI=1S/C13H14ClN5O2/c14-11-3-1-10(2-4-11)12-7-18(5-6-21-12)13(20)8-19-9-15-16-17-19/h1-4,9,12H,5-8H2. The summed E-state index contributed by atoms with van der Waals surface area (Å²) in [5, 5.41) is 11.4. The van der Waals surface area contributed by atoms with Gasteiger partial charge in [-0.25, -0.2) is 4.68 Å². The number of aromatic nitrogens is 4. The lowest BCUT2D eigenvalue weighted by Crippen LogP contribution is -2.43. The van der Waals surface area contributed by atoms with Gasteiger partial charge in [-0.1, -0.05) is 23.7 Å². The average Bonchev–Trinajstić information content (AvgIpc) is 3.01. The van der Waals surface area contributed by atoms with E-state index in [1.165, 1.54) is 11.0 Å². The Morgan fingerprint density at radius 2 is 2.19 bits per heavy atom. The van der Waals surface area contributed by atoms with Crippen LogP contribution >= 0.6 is 11.6 Å². The molecular formula is C13H14ClN5O2. The number of carbonyl (C=O) groups excluding carboxylic acids is 1. The second-order valence-corrected chi connectivity index (χ2v) is 5.19. The van der Waals surface area contributed by atoms with Crippen LogP contribution in [0.15, 0.2) is 30.6 Å². The average molecular weight is 308 g/mol. The summed E-state index contributed by atoms with van der Waals surface area (Å²) in [5.74, 6) is -0.0236. The van der Waals surface area contributed by atoms with Gasteiger partial charge < -0.3 is 9.64 Å². The molecule has 1 aliphatic heterocycles. The predicted molar refractivity (Wildman–Crippen MR) is 74.5 cm³/mol. The molecule has 21 heavy (non-hydrogen) atoms. The lowest BCUT2D eigenvalue weighted by atomic mass is 10.1. The summed E-state index contributed by atoms with van der Waals surface area (Å²) < 4.78 is 7.15. The van der Waals surface area contributed by atoms with E-state index in [1.54, 1.807) is 4.90 Å². The fourth-order valence-electron chi connectivity index (χ4n) is 2.25. The Morgan fingerprint density at radius 1 is 1.38 bits per heavy atom. The fraction of sp³-hybridized carbons (Fsp3) is 0.385. The summed E-state index contributed by atoms with van der Waals surface area (Å²) in [7, 11) is 0. The second-order valence-electron chi connectivity index (χ2n) is 4.76. The Labute approximate surface area is 126 Å². The molecule has 3 rings (SSSR count). The molecule has 1 amide bonds. The van der Waals surface area contributed by atoms with Crippen LogP contribution in [0.25, 0.3) is 0 Å². The van der Waals surface area contributed by atoms with Gasteiger partial charge >= 0.3 is 0 Å². The fourth-order valence-corrected chi connectivity index (χ4v) is 2.37. The summed E-state index contributed by atoms with van der Waals surface area (Å²) in [4.78, 5) is 14.0. The van der Waals surface area contributed by atoms with Crippen molar-refractivity contribution in [3.8, 4) is 0 Å². The van der Waals surface area contributed by atoms with E-state index in [4.69, 9.17) is 16.3 Å². The molecule has 1 saturated heterocycles. The van der Waals surface area contributed by atoms with Gasteiger partial charge in [-0.05, 0) is 28.1 Å². The molecule has 0 spiro atoms. The third-order valence-corrected chi connectivity index (χ3v) is 3.60. The van der Waals surface area contributed by atoms with Crippen molar-refractivity contribution >= 4 is 17.5 Å². The van der Waals surface area contributed by atoms with Crippen LogP contribution in [0.5, 0.6) is 0 Å². The summed E-state index contributed by atoms with van der Waals surface area (Å²) in [6.07, 6.45) is 1.29. The largest absolute Gasteiger partial charge is 0.370 e. The third kappa shape index (κ3) is 3.37. The first kappa shape index (κ1) is 14.0. The van der Waals surface area contributed by atoms with Crippen LogP contribution < -0.4 is 0 Å². The number of hydrogen-bond acceptors (Lipinski definition) is 5. The van der Waals surface area contributed by atoms with E-state index in [-0.39, 0.29) is 18.6 Å². The minimum atomic E-state index is -0.131. The molecule has 8 heteroatoms. The van der Waals surface area contributed by atoms with E-state index in [0.717, 1.165) is 5.56 Å². The Kier molecular flexibility index (Phi) is 4.12. The number of amides is 1. The Bertz CT molecular complexity index is 602. The molecule has 0 saturated carbocycles. The molecule has 7 nitrogen and oxygen atoms in total. The maximum Gasteiger partial charge on any atom is 0.244 e. The number of nitrogens with zero attached hydrogens (tertiary/aromatic N) is 5. The zero-order chi connectivity index (χ0) is 14.7. The summed E-state index contributed by atoms with van der Waals surface area (Å²) in [5.41, 5.74) is 1.01. The minimum absolute atomic E-state index is 0.0236. The van der Waals surface area contributed by atoms with Crippen molar-refractivity contribution < 1.29 is 9.53 Å². The molecule has 1 aromatic carbocycles. The van der Waals surface area contributed by atoms with E-state index in [1.807, 2.05) is 24.3 Å². The van der Waals surface area contributed by atoms with Gasteiger partial charge in [-0.2, -0.15) is 0 Å². The van der Waals surface area contributed by atoms with Crippen molar-refractivity contribution in [2.24, 2.45) is 0 Å². The SMILES string of the molecule is O=C(Cn1cnnn1)N1CCOC(c2ccc(Cl)cc2)C1. The smallest absolute Gasteiger partial charge is 0.244 e. The summed E-state index contributed by atoms with van der Waals surface area (Å²) in [6, 6.07) is 7.48. The maximum atomic E-state index is 12.2. The lowest BCUT2D eigenvalue weighted by molar-refractivity contribution is -0.139. The highest BCUT2D eigenvalue weighted by atomic mass is 35.5. The molecule has 0 bridgehead atoms. The first-order chi connectivity index (χ1) is 10.2. The van der Waals surface area contributed by atoms with Crippen molar-refractivity contribution in [3.63, 3.8) is 0 Å². The van der Waals surface area contributed by atoms with Gasteiger partial charge in [0.15, 0.2) is 0 Å². The number of rotatable bonds is 3.